The van der Waals surface area contributed by atoms with Gasteiger partial charge in [0.25, 0.3) is 0 Å². The minimum absolute atomic E-state index is 0.343. The molecule has 0 aliphatic carbocycles. The average Bonchev–Trinajstić information content (AvgIpc) is 2.74. The molecule has 0 amide bonds. The fourth-order valence-corrected chi connectivity index (χ4v) is 1.67. The van der Waals surface area contributed by atoms with Crippen LogP contribution in [0.3, 0.4) is 0 Å². The van der Waals surface area contributed by atoms with Crippen LogP contribution in [0.4, 0.5) is 10.1 Å². The van der Waals surface area contributed by atoms with Gasteiger partial charge in [-0.15, -0.1) is 5.10 Å². The van der Waals surface area contributed by atoms with Crippen LogP contribution in [0.2, 0.25) is 0 Å². The molecule has 0 spiro atoms. The summed E-state index contributed by atoms with van der Waals surface area (Å²) in [5.41, 5.74) is 6.79. The van der Waals surface area contributed by atoms with Gasteiger partial charge in [0.1, 0.15) is 5.82 Å². The van der Waals surface area contributed by atoms with Crippen LogP contribution in [0.5, 0.6) is 0 Å². The zero-order valence-electron chi connectivity index (χ0n) is 10.5. The van der Waals surface area contributed by atoms with Gasteiger partial charge >= 0.3 is 0 Å². The summed E-state index contributed by atoms with van der Waals surface area (Å²) in [5, 5.41) is 11.5. The number of hydrogen-bond acceptors (Lipinski definition) is 4. The van der Waals surface area contributed by atoms with E-state index in [4.69, 9.17) is 5.73 Å². The first-order valence-electron chi connectivity index (χ1n) is 5.89. The molecule has 18 heavy (non-hydrogen) atoms. The smallest absolute Gasteiger partial charge is 0.184 e. The first kappa shape index (κ1) is 12.5. The van der Waals surface area contributed by atoms with Crippen molar-refractivity contribution < 1.29 is 4.39 Å². The van der Waals surface area contributed by atoms with Crippen LogP contribution in [-0.2, 0) is 6.54 Å². The largest absolute Gasteiger partial charge is 0.398 e. The van der Waals surface area contributed by atoms with Crippen molar-refractivity contribution in [2.24, 2.45) is 5.92 Å². The van der Waals surface area contributed by atoms with E-state index >= 15 is 0 Å². The normalized spacial score (nSPS) is 11.1. The topological polar surface area (TPSA) is 69.6 Å². The molecule has 2 rings (SSSR count). The molecule has 0 saturated heterocycles. The minimum atomic E-state index is -0.363. The van der Waals surface area contributed by atoms with E-state index in [1.807, 2.05) is 0 Å². The number of aromatic nitrogens is 4. The Kier molecular flexibility index (Phi) is 3.55. The van der Waals surface area contributed by atoms with Crippen LogP contribution in [0, 0.1) is 11.7 Å². The van der Waals surface area contributed by atoms with Crippen molar-refractivity contribution in [3.8, 4) is 11.4 Å². The van der Waals surface area contributed by atoms with Crippen LogP contribution in [0.1, 0.15) is 20.3 Å². The number of nitrogens with zero attached hydrogens (tertiary/aromatic N) is 4. The second-order valence-electron chi connectivity index (χ2n) is 4.64. The molecular formula is C12H16FN5. The lowest BCUT2D eigenvalue weighted by Gasteiger charge is -2.08. The number of anilines is 1. The Balaban J connectivity index is 2.30. The summed E-state index contributed by atoms with van der Waals surface area (Å²) in [6, 6.07) is 4.23. The summed E-state index contributed by atoms with van der Waals surface area (Å²) in [7, 11) is 0. The van der Waals surface area contributed by atoms with Gasteiger partial charge in [0, 0.05) is 17.8 Å². The summed E-state index contributed by atoms with van der Waals surface area (Å²) in [5.74, 6) is 0.776. The third kappa shape index (κ3) is 2.64. The van der Waals surface area contributed by atoms with Crippen LogP contribution >= 0.6 is 0 Å². The molecule has 6 heteroatoms. The first-order chi connectivity index (χ1) is 8.58. The molecule has 1 aromatic carbocycles. The van der Waals surface area contributed by atoms with Crippen molar-refractivity contribution in [3.05, 3.63) is 24.0 Å². The Hall–Kier alpha value is -1.98. The van der Waals surface area contributed by atoms with Gasteiger partial charge in [-0.3, -0.25) is 0 Å². The van der Waals surface area contributed by atoms with E-state index in [1.54, 1.807) is 10.7 Å². The lowest BCUT2D eigenvalue weighted by atomic mass is 10.1. The molecule has 1 heterocycles. The maximum absolute atomic E-state index is 13.0. The molecule has 0 fully saturated rings. The number of aryl methyl sites for hydroxylation is 1. The number of tetrazole rings is 1. The molecule has 0 aliphatic heterocycles. The maximum atomic E-state index is 13.0. The Morgan fingerprint density at radius 1 is 1.39 bits per heavy atom. The number of benzene rings is 1. The molecule has 0 atom stereocenters. The highest BCUT2D eigenvalue weighted by molar-refractivity contribution is 5.71. The van der Waals surface area contributed by atoms with E-state index in [9.17, 15) is 4.39 Å². The third-order valence-corrected chi connectivity index (χ3v) is 2.70. The van der Waals surface area contributed by atoms with Crippen LogP contribution in [0.15, 0.2) is 18.2 Å². The Labute approximate surface area is 105 Å². The Morgan fingerprint density at radius 3 is 2.83 bits per heavy atom. The van der Waals surface area contributed by atoms with Gasteiger partial charge in [-0.1, -0.05) is 13.8 Å². The predicted molar refractivity (Wildman–Crippen MR) is 67.1 cm³/mol. The molecule has 96 valence electrons. The van der Waals surface area contributed by atoms with Gasteiger partial charge in [-0.05, 0) is 41.0 Å². The van der Waals surface area contributed by atoms with Crippen molar-refractivity contribution in [1.29, 1.82) is 0 Å². The third-order valence-electron chi connectivity index (χ3n) is 2.70. The Morgan fingerprint density at radius 2 is 2.17 bits per heavy atom. The highest BCUT2D eigenvalue weighted by Crippen LogP contribution is 2.24. The summed E-state index contributed by atoms with van der Waals surface area (Å²) in [4.78, 5) is 0. The summed E-state index contributed by atoms with van der Waals surface area (Å²) in [6.07, 6.45) is 0.971. The lowest BCUT2D eigenvalue weighted by Crippen LogP contribution is -2.06. The van der Waals surface area contributed by atoms with Gasteiger partial charge in [0.15, 0.2) is 5.82 Å². The number of hydrogen-bond donors (Lipinski definition) is 1. The van der Waals surface area contributed by atoms with Crippen molar-refractivity contribution in [2.75, 3.05) is 5.73 Å². The van der Waals surface area contributed by atoms with Crippen molar-refractivity contribution >= 4 is 5.69 Å². The lowest BCUT2D eigenvalue weighted by molar-refractivity contribution is 0.481. The Bertz CT molecular complexity index is 535. The molecule has 0 unspecified atom stereocenters. The van der Waals surface area contributed by atoms with Gasteiger partial charge < -0.3 is 5.73 Å². The van der Waals surface area contributed by atoms with Gasteiger partial charge in [0.05, 0.1) is 0 Å². The van der Waals surface area contributed by atoms with E-state index < -0.39 is 0 Å². The number of rotatable bonds is 4. The fourth-order valence-electron chi connectivity index (χ4n) is 1.67. The summed E-state index contributed by atoms with van der Waals surface area (Å²) >= 11 is 0. The highest BCUT2D eigenvalue weighted by Gasteiger charge is 2.12. The van der Waals surface area contributed by atoms with E-state index in [1.165, 1.54) is 12.1 Å². The second-order valence-corrected chi connectivity index (χ2v) is 4.64. The number of nitrogens with two attached hydrogens (primary N) is 1. The van der Waals surface area contributed by atoms with E-state index in [-0.39, 0.29) is 5.82 Å². The minimum Gasteiger partial charge on any atom is -0.398 e. The zero-order chi connectivity index (χ0) is 13.1. The SMILES string of the molecule is CC(C)CCn1nnnc1-c1ccc(F)cc1N. The van der Waals surface area contributed by atoms with Crippen LogP contribution < -0.4 is 5.73 Å². The van der Waals surface area contributed by atoms with Gasteiger partial charge in [-0.2, -0.15) is 0 Å². The van der Waals surface area contributed by atoms with Crippen LogP contribution in [-0.4, -0.2) is 20.2 Å². The predicted octanol–water partition coefficient (Wildman–Crippen LogP) is 2.11. The molecule has 0 bridgehead atoms. The van der Waals surface area contributed by atoms with E-state index in [0.29, 0.717) is 23.0 Å². The average molecular weight is 249 g/mol. The molecule has 2 aromatic rings. The molecule has 5 nitrogen and oxygen atoms in total. The molecule has 0 saturated carbocycles. The molecular weight excluding hydrogens is 233 g/mol. The first-order valence-corrected chi connectivity index (χ1v) is 5.89. The number of halogens is 1. The van der Waals surface area contributed by atoms with Gasteiger partial charge in [-0.25, -0.2) is 9.07 Å². The number of nitrogen functional groups attached to an aromatic ring is 1. The van der Waals surface area contributed by atoms with Crippen molar-refractivity contribution in [1.82, 2.24) is 20.2 Å². The summed E-state index contributed by atoms with van der Waals surface area (Å²) in [6.45, 7) is 4.99. The van der Waals surface area contributed by atoms with Gasteiger partial charge in [0.2, 0.25) is 0 Å². The monoisotopic (exact) mass is 249 g/mol. The van der Waals surface area contributed by atoms with E-state index in [0.717, 1.165) is 13.0 Å². The quantitative estimate of drug-likeness (QED) is 0.842. The highest BCUT2D eigenvalue weighted by atomic mass is 19.1. The molecule has 0 aliphatic rings. The van der Waals surface area contributed by atoms with E-state index in [2.05, 4.69) is 29.4 Å². The fraction of sp³-hybridized carbons (Fsp3) is 0.417. The maximum Gasteiger partial charge on any atom is 0.184 e. The standard InChI is InChI=1S/C12H16FN5/c1-8(2)5-6-18-12(15-16-17-18)10-4-3-9(13)7-11(10)14/h3-4,7-8H,5-6,14H2,1-2H3. The second kappa shape index (κ2) is 5.12. The zero-order valence-corrected chi connectivity index (χ0v) is 10.5. The van der Waals surface area contributed by atoms with Crippen LogP contribution in [0.25, 0.3) is 11.4 Å². The molecule has 0 radical (unpaired) electrons. The molecule has 1 aromatic heterocycles. The summed E-state index contributed by atoms with van der Waals surface area (Å²) < 4.78 is 14.7. The van der Waals surface area contributed by atoms with Crippen molar-refractivity contribution in [3.63, 3.8) is 0 Å². The molecule has 2 N–H and O–H groups in total. The van der Waals surface area contributed by atoms with Crippen molar-refractivity contribution in [2.45, 2.75) is 26.8 Å².